The van der Waals surface area contributed by atoms with E-state index in [1.165, 1.54) is 0 Å². The lowest BCUT2D eigenvalue weighted by Gasteiger charge is -2.26. The highest BCUT2D eigenvalue weighted by molar-refractivity contribution is 5.77. The first-order valence-electron chi connectivity index (χ1n) is 4.63. The average Bonchev–Trinajstić information content (AvgIpc) is 1.98. The van der Waals surface area contributed by atoms with E-state index in [0.29, 0.717) is 13.1 Å². The summed E-state index contributed by atoms with van der Waals surface area (Å²) in [4.78, 5) is 10.9. The zero-order valence-corrected chi connectivity index (χ0v) is 8.06. The first kappa shape index (κ1) is 12.3. The number of halogens is 3. The molecule has 0 spiro atoms. The number of alkyl halides is 3. The molecule has 1 amide bonds. The molecule has 88 valence electrons. The van der Waals surface area contributed by atoms with Gasteiger partial charge in [0.15, 0.2) is 0 Å². The summed E-state index contributed by atoms with van der Waals surface area (Å²) >= 11 is 0. The maximum Gasteiger partial charge on any atom is 0.390 e. The Hall–Kier alpha value is -0.820. The lowest BCUT2D eigenvalue weighted by Crippen LogP contribution is -2.49. The van der Waals surface area contributed by atoms with Crippen LogP contribution in [0.5, 0.6) is 0 Å². The Morgan fingerprint density at radius 2 is 2.13 bits per heavy atom. The Bertz CT molecular complexity index is 216. The normalized spacial score (nSPS) is 17.3. The van der Waals surface area contributed by atoms with Gasteiger partial charge in [0.25, 0.3) is 0 Å². The fraction of sp³-hybridized carbons (Fsp3) is 0.875. The third-order valence-electron chi connectivity index (χ3n) is 1.92. The van der Waals surface area contributed by atoms with E-state index in [1.54, 1.807) is 0 Å². The second-order valence-corrected chi connectivity index (χ2v) is 3.31. The number of nitrogens with one attached hydrogen (secondary N) is 2. The van der Waals surface area contributed by atoms with Crippen LogP contribution in [0.15, 0.2) is 0 Å². The van der Waals surface area contributed by atoms with Crippen molar-refractivity contribution >= 4 is 5.91 Å². The Kier molecular flexibility index (Phi) is 4.34. The lowest BCUT2D eigenvalue weighted by molar-refractivity contribution is -0.137. The van der Waals surface area contributed by atoms with Crippen molar-refractivity contribution in [1.29, 1.82) is 0 Å². The lowest BCUT2D eigenvalue weighted by atomic mass is 10.2. The summed E-state index contributed by atoms with van der Waals surface area (Å²) in [5, 5.41) is 5.08. The molecule has 0 aromatic heterocycles. The first-order valence-corrected chi connectivity index (χ1v) is 4.63. The van der Waals surface area contributed by atoms with Crippen molar-refractivity contribution in [3.05, 3.63) is 0 Å². The zero-order valence-electron chi connectivity index (χ0n) is 8.06. The van der Waals surface area contributed by atoms with Gasteiger partial charge in [-0.05, 0) is 0 Å². The zero-order chi connectivity index (χ0) is 11.3. The van der Waals surface area contributed by atoms with E-state index in [-0.39, 0.29) is 12.7 Å². The Morgan fingerprint density at radius 1 is 1.47 bits per heavy atom. The molecular weight excluding hydrogens is 213 g/mol. The predicted molar refractivity (Wildman–Crippen MR) is 46.3 cm³/mol. The van der Waals surface area contributed by atoms with E-state index in [9.17, 15) is 18.0 Å². The van der Waals surface area contributed by atoms with Gasteiger partial charge in [0.2, 0.25) is 5.91 Å². The van der Waals surface area contributed by atoms with Crippen LogP contribution < -0.4 is 10.6 Å². The molecule has 0 unspecified atom stereocenters. The quantitative estimate of drug-likeness (QED) is 0.696. The van der Waals surface area contributed by atoms with Crippen LogP contribution in [-0.4, -0.2) is 44.4 Å². The van der Waals surface area contributed by atoms with Crippen molar-refractivity contribution in [3.8, 4) is 0 Å². The average molecular weight is 226 g/mol. The fourth-order valence-corrected chi connectivity index (χ4v) is 0.968. The van der Waals surface area contributed by atoms with Crippen LogP contribution in [0.4, 0.5) is 13.2 Å². The maximum atomic E-state index is 11.7. The number of carbonyl (C=O) groups excluding carboxylic acids is 1. The van der Waals surface area contributed by atoms with E-state index in [4.69, 9.17) is 4.74 Å². The largest absolute Gasteiger partial charge is 0.390 e. The SMILES string of the molecule is O=C(COC1CNC1)NCCC(F)(F)F. The number of rotatable bonds is 5. The van der Waals surface area contributed by atoms with E-state index in [1.807, 2.05) is 0 Å². The molecule has 0 bridgehead atoms. The van der Waals surface area contributed by atoms with Gasteiger partial charge >= 0.3 is 6.18 Å². The van der Waals surface area contributed by atoms with Crippen molar-refractivity contribution < 1.29 is 22.7 Å². The minimum absolute atomic E-state index is 0.0124. The molecule has 0 saturated carbocycles. The number of carbonyl (C=O) groups is 1. The van der Waals surface area contributed by atoms with Crippen molar-refractivity contribution in [1.82, 2.24) is 10.6 Å². The van der Waals surface area contributed by atoms with Crippen LogP contribution in [0.1, 0.15) is 6.42 Å². The summed E-state index contributed by atoms with van der Waals surface area (Å²) in [5.41, 5.74) is 0. The van der Waals surface area contributed by atoms with Gasteiger partial charge in [0, 0.05) is 19.6 Å². The van der Waals surface area contributed by atoms with Crippen LogP contribution in [0, 0.1) is 0 Å². The van der Waals surface area contributed by atoms with Gasteiger partial charge in [-0.15, -0.1) is 0 Å². The van der Waals surface area contributed by atoms with E-state index in [0.717, 1.165) is 0 Å². The monoisotopic (exact) mass is 226 g/mol. The van der Waals surface area contributed by atoms with Gasteiger partial charge < -0.3 is 15.4 Å². The molecule has 1 saturated heterocycles. The molecule has 1 fully saturated rings. The van der Waals surface area contributed by atoms with Gasteiger partial charge in [0.1, 0.15) is 6.61 Å². The predicted octanol–water partition coefficient (Wildman–Crippen LogP) is 0.0434. The maximum absolute atomic E-state index is 11.7. The van der Waals surface area contributed by atoms with Crippen LogP contribution in [0.2, 0.25) is 0 Å². The summed E-state index contributed by atoms with van der Waals surface area (Å²) in [6.45, 7) is 0.810. The first-order chi connectivity index (χ1) is 6.97. The molecule has 0 aromatic rings. The fourth-order valence-electron chi connectivity index (χ4n) is 0.968. The molecule has 2 N–H and O–H groups in total. The molecule has 4 nitrogen and oxygen atoms in total. The Morgan fingerprint density at radius 3 is 2.60 bits per heavy atom. The van der Waals surface area contributed by atoms with Crippen LogP contribution in [0.3, 0.4) is 0 Å². The van der Waals surface area contributed by atoms with Crippen molar-refractivity contribution in [3.63, 3.8) is 0 Å². The van der Waals surface area contributed by atoms with Gasteiger partial charge in [0.05, 0.1) is 12.5 Å². The van der Waals surface area contributed by atoms with Gasteiger partial charge in [-0.3, -0.25) is 4.79 Å². The highest BCUT2D eigenvalue weighted by Crippen LogP contribution is 2.17. The molecule has 1 aliphatic rings. The van der Waals surface area contributed by atoms with Gasteiger partial charge in [-0.1, -0.05) is 0 Å². The van der Waals surface area contributed by atoms with Crippen molar-refractivity contribution in [2.45, 2.75) is 18.7 Å². The summed E-state index contributed by atoms with van der Waals surface area (Å²) in [6, 6.07) is 0. The summed E-state index contributed by atoms with van der Waals surface area (Å²) in [7, 11) is 0. The van der Waals surface area contributed by atoms with Crippen LogP contribution >= 0.6 is 0 Å². The molecule has 1 heterocycles. The highest BCUT2D eigenvalue weighted by atomic mass is 19.4. The third-order valence-corrected chi connectivity index (χ3v) is 1.92. The van der Waals surface area contributed by atoms with Crippen LogP contribution in [0.25, 0.3) is 0 Å². The minimum Gasteiger partial charge on any atom is -0.366 e. The molecule has 0 atom stereocenters. The minimum atomic E-state index is -4.23. The molecule has 15 heavy (non-hydrogen) atoms. The number of ether oxygens (including phenoxy) is 1. The molecule has 0 aliphatic carbocycles. The molecule has 0 aromatic carbocycles. The molecular formula is C8H13F3N2O2. The number of hydrogen-bond donors (Lipinski definition) is 2. The highest BCUT2D eigenvalue weighted by Gasteiger charge is 2.26. The van der Waals surface area contributed by atoms with Gasteiger partial charge in [-0.25, -0.2) is 0 Å². The molecule has 1 aliphatic heterocycles. The second kappa shape index (κ2) is 5.32. The summed E-state index contributed by atoms with van der Waals surface area (Å²) < 4.78 is 40.1. The van der Waals surface area contributed by atoms with Gasteiger partial charge in [-0.2, -0.15) is 13.2 Å². The van der Waals surface area contributed by atoms with Crippen molar-refractivity contribution in [2.24, 2.45) is 0 Å². The summed E-state index contributed by atoms with van der Waals surface area (Å²) in [5.74, 6) is -0.508. The smallest absolute Gasteiger partial charge is 0.366 e. The standard InChI is InChI=1S/C8H13F3N2O2/c9-8(10,11)1-2-13-7(14)5-15-6-3-12-4-6/h6,12H,1-5H2,(H,13,14). The Balaban J connectivity index is 1.98. The van der Waals surface area contributed by atoms with Crippen LogP contribution in [-0.2, 0) is 9.53 Å². The molecule has 1 rings (SSSR count). The van der Waals surface area contributed by atoms with E-state index >= 15 is 0 Å². The molecule has 7 heteroatoms. The van der Waals surface area contributed by atoms with Crippen molar-refractivity contribution in [2.75, 3.05) is 26.2 Å². The number of amides is 1. The second-order valence-electron chi connectivity index (χ2n) is 3.31. The topological polar surface area (TPSA) is 50.4 Å². The number of hydrogen-bond acceptors (Lipinski definition) is 3. The molecule has 0 radical (unpaired) electrons. The third kappa shape index (κ3) is 5.58. The van der Waals surface area contributed by atoms with E-state index in [2.05, 4.69) is 10.6 Å². The van der Waals surface area contributed by atoms with E-state index < -0.39 is 25.0 Å². The Labute approximate surface area is 85.2 Å². The summed E-state index contributed by atoms with van der Waals surface area (Å²) in [6.07, 6.45) is -5.23.